The molecule has 10 heteroatoms. The number of carbonyl (C=O) groups excluding carboxylic acids is 2. The molecule has 0 unspecified atom stereocenters. The normalized spacial score (nSPS) is 10.6. The summed E-state index contributed by atoms with van der Waals surface area (Å²) in [5.74, 6) is -2.36. The minimum absolute atomic E-state index is 0.0330. The van der Waals surface area contributed by atoms with Gasteiger partial charge in [0.2, 0.25) is 10.0 Å². The van der Waals surface area contributed by atoms with Gasteiger partial charge in [0.25, 0.3) is 0 Å². The van der Waals surface area contributed by atoms with Gasteiger partial charge in [0.1, 0.15) is 0 Å². The van der Waals surface area contributed by atoms with Gasteiger partial charge in [-0.1, -0.05) is 12.2 Å². The van der Waals surface area contributed by atoms with Crippen molar-refractivity contribution in [2.24, 2.45) is 10.9 Å². The molecular formula is C6H12N4O4S2. The lowest BCUT2D eigenvalue weighted by atomic mass is 10.5. The van der Waals surface area contributed by atoms with E-state index in [9.17, 15) is 18.0 Å². The molecule has 0 radical (unpaired) electrons. The van der Waals surface area contributed by atoms with Crippen LogP contribution < -0.4 is 21.5 Å². The Labute approximate surface area is 97.8 Å². The summed E-state index contributed by atoms with van der Waals surface area (Å²) in [4.78, 5) is 22.0. The number of hydrogen-bond donors (Lipinski definition) is 4. The number of thiocarbonyl (C=S) groups is 1. The van der Waals surface area contributed by atoms with Crippen molar-refractivity contribution < 1.29 is 18.0 Å². The second-order valence-electron chi connectivity index (χ2n) is 2.77. The van der Waals surface area contributed by atoms with Crippen LogP contribution in [0.2, 0.25) is 0 Å². The summed E-state index contributed by atoms with van der Waals surface area (Å²) in [5.41, 5.74) is 5.09. The Morgan fingerprint density at radius 3 is 2.12 bits per heavy atom. The molecule has 92 valence electrons. The Kier molecular flexibility index (Phi) is 5.85. The molecule has 0 atom stereocenters. The van der Waals surface area contributed by atoms with Crippen molar-refractivity contribution in [3.8, 4) is 0 Å². The summed E-state index contributed by atoms with van der Waals surface area (Å²) in [6.45, 7) is -0.338. The summed E-state index contributed by atoms with van der Waals surface area (Å²) in [6, 6.07) is 0. The molecule has 0 heterocycles. The smallest absolute Gasteiger partial charge is 0.309 e. The van der Waals surface area contributed by atoms with Crippen LogP contribution in [-0.4, -0.2) is 44.1 Å². The first-order valence-electron chi connectivity index (χ1n) is 4.07. The van der Waals surface area contributed by atoms with Crippen molar-refractivity contribution in [2.75, 3.05) is 18.8 Å². The molecular weight excluding hydrogens is 256 g/mol. The monoisotopic (exact) mass is 268 g/mol. The van der Waals surface area contributed by atoms with E-state index in [0.717, 1.165) is 0 Å². The fourth-order valence-electron chi connectivity index (χ4n) is 0.635. The first-order valence-corrected chi connectivity index (χ1v) is 6.19. The maximum atomic E-state index is 11.0. The molecule has 0 spiro atoms. The second-order valence-corrected chi connectivity index (χ2v) is 5.03. The Morgan fingerprint density at radius 2 is 1.69 bits per heavy atom. The number of primary sulfonamides is 1. The Hall–Kier alpha value is -1.26. The molecule has 0 rings (SSSR count). The highest BCUT2D eigenvalue weighted by Gasteiger charge is 2.13. The summed E-state index contributed by atoms with van der Waals surface area (Å²) in [7, 11) is -3.66. The van der Waals surface area contributed by atoms with Gasteiger partial charge in [0.05, 0.1) is 17.3 Å². The van der Waals surface area contributed by atoms with Crippen LogP contribution in [0.25, 0.3) is 0 Å². The Morgan fingerprint density at radius 1 is 1.19 bits per heavy atom. The number of hydrogen-bond acceptors (Lipinski definition) is 5. The van der Waals surface area contributed by atoms with Crippen LogP contribution in [-0.2, 0) is 19.6 Å². The minimum atomic E-state index is -3.66. The molecule has 6 N–H and O–H groups in total. The Balaban J connectivity index is 3.89. The zero-order chi connectivity index (χ0) is 12.8. The molecule has 0 saturated heterocycles. The molecule has 0 aromatic rings. The van der Waals surface area contributed by atoms with E-state index in [1.54, 1.807) is 0 Å². The lowest BCUT2D eigenvalue weighted by molar-refractivity contribution is -0.138. The quantitative estimate of drug-likeness (QED) is 0.305. The van der Waals surface area contributed by atoms with Crippen LogP contribution in [0.4, 0.5) is 0 Å². The third-order valence-corrected chi connectivity index (χ3v) is 2.22. The molecule has 2 amide bonds. The van der Waals surface area contributed by atoms with E-state index < -0.39 is 27.6 Å². The van der Waals surface area contributed by atoms with Crippen LogP contribution >= 0.6 is 12.2 Å². The fraction of sp³-hybridized carbons (Fsp3) is 0.500. The number of nitrogens with two attached hydrogens (primary N) is 2. The van der Waals surface area contributed by atoms with Crippen molar-refractivity contribution in [2.45, 2.75) is 0 Å². The summed E-state index contributed by atoms with van der Waals surface area (Å²) in [5, 5.41) is 8.88. The van der Waals surface area contributed by atoms with Gasteiger partial charge in [-0.15, -0.1) is 0 Å². The summed E-state index contributed by atoms with van der Waals surface area (Å²) < 4.78 is 21.0. The third kappa shape index (κ3) is 8.08. The van der Waals surface area contributed by atoms with E-state index in [1.165, 1.54) is 0 Å². The van der Waals surface area contributed by atoms with E-state index in [2.05, 4.69) is 28.0 Å². The number of rotatable bonds is 5. The van der Waals surface area contributed by atoms with Crippen molar-refractivity contribution in [1.29, 1.82) is 0 Å². The van der Waals surface area contributed by atoms with Gasteiger partial charge in [-0.3, -0.25) is 9.59 Å². The zero-order valence-corrected chi connectivity index (χ0v) is 9.86. The zero-order valence-electron chi connectivity index (χ0n) is 8.23. The molecule has 0 fully saturated rings. The molecule has 8 nitrogen and oxygen atoms in total. The van der Waals surface area contributed by atoms with Gasteiger partial charge in [-0.25, -0.2) is 13.6 Å². The number of nitrogens with one attached hydrogen (secondary N) is 2. The maximum Gasteiger partial charge on any atom is 0.309 e. The van der Waals surface area contributed by atoms with Crippen molar-refractivity contribution in [3.63, 3.8) is 0 Å². The number of amides is 2. The predicted octanol–water partition coefficient (Wildman–Crippen LogP) is -3.21. The topological polar surface area (TPSA) is 144 Å². The van der Waals surface area contributed by atoms with Gasteiger partial charge < -0.3 is 16.4 Å². The van der Waals surface area contributed by atoms with Gasteiger partial charge in [0.15, 0.2) is 0 Å². The molecule has 16 heavy (non-hydrogen) atoms. The van der Waals surface area contributed by atoms with E-state index in [-0.39, 0.29) is 18.1 Å². The third-order valence-electron chi connectivity index (χ3n) is 1.30. The molecule has 0 bridgehead atoms. The molecule has 0 aliphatic carbocycles. The van der Waals surface area contributed by atoms with Gasteiger partial charge >= 0.3 is 11.8 Å². The Bertz CT molecular complexity index is 391. The predicted molar refractivity (Wildman–Crippen MR) is 60.8 cm³/mol. The van der Waals surface area contributed by atoms with Crippen LogP contribution in [0.1, 0.15) is 0 Å². The molecule has 0 aromatic carbocycles. The lowest BCUT2D eigenvalue weighted by Crippen LogP contribution is -2.44. The SMILES string of the molecule is NC(=S)CNC(=O)C(=O)NCCS(N)(=O)=O. The molecule has 0 aromatic heterocycles. The van der Waals surface area contributed by atoms with Crippen LogP contribution in [0, 0.1) is 0 Å². The maximum absolute atomic E-state index is 11.0. The van der Waals surface area contributed by atoms with E-state index in [4.69, 9.17) is 5.73 Å². The van der Waals surface area contributed by atoms with Crippen LogP contribution in [0.15, 0.2) is 0 Å². The second kappa shape index (κ2) is 6.35. The number of carbonyl (C=O) groups is 2. The average molecular weight is 268 g/mol. The largest absolute Gasteiger partial charge is 0.392 e. The van der Waals surface area contributed by atoms with E-state index >= 15 is 0 Å². The first-order chi connectivity index (χ1) is 7.22. The first kappa shape index (κ1) is 14.7. The van der Waals surface area contributed by atoms with Gasteiger partial charge in [0, 0.05) is 6.54 Å². The summed E-state index contributed by atoms with van der Waals surface area (Å²) >= 11 is 4.47. The standard InChI is InChI=1S/C6H12N4O4S2/c7-4(15)3-10-6(12)5(11)9-1-2-16(8,13)14/h1-3H2,(H2,7,15)(H,9,11)(H,10,12)(H2,8,13,14). The molecule has 0 aliphatic heterocycles. The highest BCUT2D eigenvalue weighted by Crippen LogP contribution is 1.76. The van der Waals surface area contributed by atoms with E-state index in [0.29, 0.717) is 0 Å². The van der Waals surface area contributed by atoms with Crippen LogP contribution in [0.3, 0.4) is 0 Å². The lowest BCUT2D eigenvalue weighted by Gasteiger charge is -2.04. The van der Waals surface area contributed by atoms with E-state index in [1.807, 2.05) is 0 Å². The van der Waals surface area contributed by atoms with Gasteiger partial charge in [-0.05, 0) is 0 Å². The molecule has 0 aliphatic rings. The highest BCUT2D eigenvalue weighted by molar-refractivity contribution is 7.89. The molecule has 0 saturated carbocycles. The van der Waals surface area contributed by atoms with Crippen LogP contribution in [0.5, 0.6) is 0 Å². The fourth-order valence-corrected chi connectivity index (χ4v) is 1.09. The average Bonchev–Trinajstić information content (AvgIpc) is 2.11. The van der Waals surface area contributed by atoms with Crippen molar-refractivity contribution in [3.05, 3.63) is 0 Å². The number of sulfonamides is 1. The summed E-state index contributed by atoms with van der Waals surface area (Å²) in [6.07, 6.45) is 0. The van der Waals surface area contributed by atoms with Crippen molar-refractivity contribution >= 4 is 39.0 Å². The van der Waals surface area contributed by atoms with Gasteiger partial charge in [-0.2, -0.15) is 0 Å². The van der Waals surface area contributed by atoms with Crippen molar-refractivity contribution in [1.82, 2.24) is 10.6 Å². The highest BCUT2D eigenvalue weighted by atomic mass is 32.2. The minimum Gasteiger partial charge on any atom is -0.392 e.